The minimum Gasteiger partial charge on any atom is -0.423 e. The van der Waals surface area contributed by atoms with Crippen LogP contribution in [0, 0.1) is 31.4 Å². The van der Waals surface area contributed by atoms with E-state index in [0.29, 0.717) is 35.2 Å². The maximum Gasteiger partial charge on any atom is 0.323 e. The van der Waals surface area contributed by atoms with Gasteiger partial charge < -0.3 is 14.6 Å². The van der Waals surface area contributed by atoms with Crippen molar-refractivity contribution in [2.75, 3.05) is 5.32 Å². The first-order valence-electron chi connectivity index (χ1n) is 10.5. The van der Waals surface area contributed by atoms with Gasteiger partial charge in [-0.15, -0.1) is 10.2 Å². The van der Waals surface area contributed by atoms with E-state index in [0.717, 1.165) is 25.2 Å². The molecule has 0 unspecified atom stereocenters. The number of halogens is 2. The van der Waals surface area contributed by atoms with Gasteiger partial charge in [0, 0.05) is 24.9 Å². The summed E-state index contributed by atoms with van der Waals surface area (Å²) in [5.41, 5.74) is 0.386. The van der Waals surface area contributed by atoms with Crippen LogP contribution < -0.4 is 5.32 Å². The molecule has 2 aromatic heterocycles. The van der Waals surface area contributed by atoms with Crippen LogP contribution in [0.4, 0.5) is 19.3 Å². The molecule has 3 atom stereocenters. The highest BCUT2D eigenvalue weighted by Crippen LogP contribution is 2.55. The standard InChI is InChI=1S/C22H22F2N6O2/c1-11-4-15-8-22(7-11,20-29-28-13(3)32-20)30(15)21(31)27-18-6-16(12(2)5-17(18)24)19-25-9-14(23)10-26-19/h5-6,9-11,15H,4,7-8H2,1-3H3,(H,27,31)/t11-,15-,22+/m1/s1. The summed E-state index contributed by atoms with van der Waals surface area (Å²) in [6.45, 7) is 5.54. The summed E-state index contributed by atoms with van der Waals surface area (Å²) in [4.78, 5) is 22.9. The molecule has 8 nitrogen and oxygen atoms in total. The molecule has 2 bridgehead atoms. The van der Waals surface area contributed by atoms with Crippen LogP contribution in [-0.2, 0) is 5.54 Å². The zero-order chi connectivity index (χ0) is 22.6. The fourth-order valence-electron chi connectivity index (χ4n) is 5.07. The van der Waals surface area contributed by atoms with Crippen LogP contribution in [-0.4, -0.2) is 37.1 Å². The Kier molecular flexibility index (Phi) is 4.68. The molecule has 1 aliphatic heterocycles. The van der Waals surface area contributed by atoms with Gasteiger partial charge in [0.05, 0.1) is 18.1 Å². The number of amides is 2. The molecule has 2 fully saturated rings. The highest BCUT2D eigenvalue weighted by Gasteiger charge is 2.62. The Hall–Kier alpha value is -3.43. The molecule has 10 heteroatoms. The first kappa shape index (κ1) is 20.5. The Balaban J connectivity index is 1.46. The van der Waals surface area contributed by atoms with Gasteiger partial charge in [-0.2, -0.15) is 0 Å². The molecule has 166 valence electrons. The van der Waals surface area contributed by atoms with E-state index in [1.54, 1.807) is 18.7 Å². The number of benzene rings is 1. The van der Waals surface area contributed by atoms with Gasteiger partial charge >= 0.3 is 6.03 Å². The summed E-state index contributed by atoms with van der Waals surface area (Å²) in [6.07, 6.45) is 4.37. The predicted molar refractivity (Wildman–Crippen MR) is 110 cm³/mol. The Morgan fingerprint density at radius 3 is 2.62 bits per heavy atom. The number of fused-ring (bicyclic) bond motifs is 2. The number of hydrogen-bond acceptors (Lipinski definition) is 6. The number of nitrogens with one attached hydrogen (secondary N) is 1. The molecule has 2 aliphatic rings. The van der Waals surface area contributed by atoms with Crippen molar-refractivity contribution in [2.45, 2.75) is 51.6 Å². The molecule has 2 amide bonds. The maximum absolute atomic E-state index is 14.8. The largest absolute Gasteiger partial charge is 0.423 e. The first-order chi connectivity index (χ1) is 15.3. The van der Waals surface area contributed by atoms with Crippen LogP contribution >= 0.6 is 0 Å². The zero-order valence-corrected chi connectivity index (χ0v) is 17.9. The number of nitrogens with zero attached hydrogens (tertiary/aromatic N) is 5. The van der Waals surface area contributed by atoms with Gasteiger partial charge in [0.2, 0.25) is 11.8 Å². The molecule has 1 N–H and O–H groups in total. The highest BCUT2D eigenvalue weighted by atomic mass is 19.1. The minimum atomic E-state index is -0.683. The van der Waals surface area contributed by atoms with Gasteiger partial charge in [-0.05, 0) is 43.4 Å². The van der Waals surface area contributed by atoms with Gasteiger partial charge in [-0.1, -0.05) is 6.92 Å². The summed E-state index contributed by atoms with van der Waals surface area (Å²) in [5, 5.41) is 10.8. The van der Waals surface area contributed by atoms with Gasteiger partial charge in [0.1, 0.15) is 11.4 Å². The number of piperidine rings is 1. The van der Waals surface area contributed by atoms with Crippen molar-refractivity contribution < 1.29 is 18.0 Å². The molecule has 1 aliphatic carbocycles. The van der Waals surface area contributed by atoms with Crippen molar-refractivity contribution >= 4 is 11.7 Å². The lowest BCUT2D eigenvalue weighted by Gasteiger charge is -2.61. The van der Waals surface area contributed by atoms with E-state index in [-0.39, 0.29) is 17.6 Å². The molecule has 1 saturated carbocycles. The predicted octanol–water partition coefficient (Wildman–Crippen LogP) is 4.35. The maximum atomic E-state index is 14.8. The van der Waals surface area contributed by atoms with Gasteiger partial charge in [-0.25, -0.2) is 23.5 Å². The number of aromatic nitrogens is 4. The quantitative estimate of drug-likeness (QED) is 0.650. The van der Waals surface area contributed by atoms with Crippen LogP contribution in [0.25, 0.3) is 11.4 Å². The third-order valence-corrected chi connectivity index (χ3v) is 6.32. The molecular weight excluding hydrogens is 418 g/mol. The first-order valence-corrected chi connectivity index (χ1v) is 10.5. The molecular formula is C22H22F2N6O2. The molecule has 0 radical (unpaired) electrons. The number of aryl methyl sites for hydroxylation is 2. The summed E-state index contributed by atoms with van der Waals surface area (Å²) in [7, 11) is 0. The highest BCUT2D eigenvalue weighted by molar-refractivity contribution is 5.92. The average Bonchev–Trinajstić information content (AvgIpc) is 3.17. The average molecular weight is 440 g/mol. The van der Waals surface area contributed by atoms with E-state index >= 15 is 0 Å². The van der Waals surface area contributed by atoms with Gasteiger partial charge in [0.15, 0.2) is 11.6 Å². The number of carbonyl (C=O) groups excluding carboxylic acids is 1. The summed E-state index contributed by atoms with van der Waals surface area (Å²) < 4.78 is 33.7. The summed E-state index contributed by atoms with van der Waals surface area (Å²) >= 11 is 0. The van der Waals surface area contributed by atoms with Crippen molar-refractivity contribution in [2.24, 2.45) is 5.92 Å². The Morgan fingerprint density at radius 2 is 1.94 bits per heavy atom. The molecule has 1 aromatic carbocycles. The van der Waals surface area contributed by atoms with E-state index in [1.807, 2.05) is 0 Å². The normalized spacial score (nSPS) is 24.2. The lowest BCUT2D eigenvalue weighted by atomic mass is 9.64. The third-order valence-electron chi connectivity index (χ3n) is 6.32. The van der Waals surface area contributed by atoms with E-state index in [2.05, 4.69) is 32.4 Å². The number of urea groups is 1. The van der Waals surface area contributed by atoms with Crippen molar-refractivity contribution in [3.05, 3.63) is 53.5 Å². The second-order valence-corrected chi connectivity index (χ2v) is 8.73. The Morgan fingerprint density at radius 1 is 1.19 bits per heavy atom. The molecule has 3 aromatic rings. The fraction of sp³-hybridized carbons (Fsp3) is 0.409. The topological polar surface area (TPSA) is 97.0 Å². The molecule has 3 heterocycles. The van der Waals surface area contributed by atoms with Crippen LogP contribution in [0.2, 0.25) is 0 Å². The molecule has 0 spiro atoms. The lowest BCUT2D eigenvalue weighted by Crippen LogP contribution is -2.70. The second-order valence-electron chi connectivity index (χ2n) is 8.73. The lowest BCUT2D eigenvalue weighted by molar-refractivity contribution is -0.110. The number of likely N-dealkylation sites (tertiary alicyclic amines) is 1. The molecule has 32 heavy (non-hydrogen) atoms. The Bertz CT molecular complexity index is 1200. The SMILES string of the molecule is Cc1nnc([C@]23C[C@H](C)C[C@H](C2)N3C(=O)Nc2cc(-c3ncc(F)cn3)c(C)cc2F)o1. The number of carbonyl (C=O) groups is 1. The zero-order valence-electron chi connectivity index (χ0n) is 17.9. The van der Waals surface area contributed by atoms with Crippen LogP contribution in [0.5, 0.6) is 0 Å². The number of anilines is 1. The monoisotopic (exact) mass is 440 g/mol. The fourth-order valence-corrected chi connectivity index (χ4v) is 5.07. The number of rotatable bonds is 3. The van der Waals surface area contributed by atoms with Crippen molar-refractivity contribution in [3.8, 4) is 11.4 Å². The third kappa shape index (κ3) is 3.21. The Labute approximate surface area is 183 Å². The smallest absolute Gasteiger partial charge is 0.323 e. The summed E-state index contributed by atoms with van der Waals surface area (Å²) in [5.74, 6) is 0.337. The van der Waals surface area contributed by atoms with Crippen LogP contribution in [0.1, 0.15) is 43.5 Å². The van der Waals surface area contributed by atoms with Crippen molar-refractivity contribution in [3.63, 3.8) is 0 Å². The van der Waals surface area contributed by atoms with E-state index < -0.39 is 23.2 Å². The molecule has 5 rings (SSSR count). The summed E-state index contributed by atoms with van der Waals surface area (Å²) in [6, 6.07) is 2.35. The van der Waals surface area contributed by atoms with Crippen molar-refractivity contribution in [1.29, 1.82) is 0 Å². The van der Waals surface area contributed by atoms with Crippen molar-refractivity contribution in [1.82, 2.24) is 25.1 Å². The van der Waals surface area contributed by atoms with E-state index in [4.69, 9.17) is 4.42 Å². The molecule has 1 saturated heterocycles. The second kappa shape index (κ2) is 7.32. The van der Waals surface area contributed by atoms with E-state index in [1.165, 1.54) is 12.1 Å². The van der Waals surface area contributed by atoms with Crippen LogP contribution in [0.3, 0.4) is 0 Å². The van der Waals surface area contributed by atoms with Gasteiger partial charge in [0.25, 0.3) is 0 Å². The van der Waals surface area contributed by atoms with Crippen LogP contribution in [0.15, 0.2) is 28.9 Å². The van der Waals surface area contributed by atoms with E-state index in [9.17, 15) is 13.6 Å². The van der Waals surface area contributed by atoms with Gasteiger partial charge in [-0.3, -0.25) is 0 Å². The minimum absolute atomic E-state index is 0.00148. The number of hydrogen-bond donors (Lipinski definition) is 1.